The van der Waals surface area contributed by atoms with E-state index < -0.39 is 0 Å². The van der Waals surface area contributed by atoms with Gasteiger partial charge in [-0.2, -0.15) is 0 Å². The van der Waals surface area contributed by atoms with E-state index in [1.165, 1.54) is 51.7 Å². The fourth-order valence-electron chi connectivity index (χ4n) is 3.92. The van der Waals surface area contributed by atoms with Crippen LogP contribution in [0.3, 0.4) is 0 Å². The van der Waals surface area contributed by atoms with Gasteiger partial charge in [-0.15, -0.1) is 0 Å². The maximum atomic E-state index is 6.04. The lowest BCUT2D eigenvalue weighted by Gasteiger charge is -2.33. The predicted octanol–water partition coefficient (Wildman–Crippen LogP) is 2.26. The van der Waals surface area contributed by atoms with Crippen LogP contribution in [0.1, 0.15) is 46.0 Å². The van der Waals surface area contributed by atoms with Gasteiger partial charge in [0.15, 0.2) is 0 Å². The average Bonchev–Trinajstić information content (AvgIpc) is 3.14. The van der Waals surface area contributed by atoms with E-state index in [0.717, 1.165) is 18.4 Å². The van der Waals surface area contributed by atoms with E-state index in [1.807, 2.05) is 0 Å². The van der Waals surface area contributed by atoms with Crippen molar-refractivity contribution in [1.29, 1.82) is 0 Å². The van der Waals surface area contributed by atoms with Gasteiger partial charge in [0, 0.05) is 25.2 Å². The van der Waals surface area contributed by atoms with E-state index in [4.69, 9.17) is 4.74 Å². The van der Waals surface area contributed by atoms with Gasteiger partial charge in [-0.1, -0.05) is 13.8 Å². The molecule has 0 aromatic carbocycles. The molecule has 3 fully saturated rings. The molecule has 1 N–H and O–H groups in total. The minimum atomic E-state index is 0.554. The van der Waals surface area contributed by atoms with Gasteiger partial charge >= 0.3 is 0 Å². The van der Waals surface area contributed by atoms with E-state index in [1.54, 1.807) is 0 Å². The van der Waals surface area contributed by atoms with E-state index in [-0.39, 0.29) is 0 Å². The lowest BCUT2D eigenvalue weighted by molar-refractivity contribution is 0.0445. The van der Waals surface area contributed by atoms with Crippen LogP contribution in [0.2, 0.25) is 0 Å². The standard InChI is InChI=1S/C16H30N2O/c1-12(2)10-14-11-18(8-3-7-17-14)15-6-9-19-16(15)13-4-5-13/h12-17H,3-11H2,1-2H3. The smallest absolute Gasteiger partial charge is 0.0759 e. The molecular weight excluding hydrogens is 236 g/mol. The zero-order chi connectivity index (χ0) is 13.2. The molecule has 3 aliphatic rings. The Kier molecular flexibility index (Phi) is 4.45. The quantitative estimate of drug-likeness (QED) is 0.845. The maximum absolute atomic E-state index is 6.04. The van der Waals surface area contributed by atoms with Crippen molar-refractivity contribution in [3.63, 3.8) is 0 Å². The summed E-state index contributed by atoms with van der Waals surface area (Å²) in [6.07, 6.45) is 7.22. The van der Waals surface area contributed by atoms with Crippen LogP contribution in [0.5, 0.6) is 0 Å². The van der Waals surface area contributed by atoms with Crippen LogP contribution in [0.4, 0.5) is 0 Å². The largest absolute Gasteiger partial charge is 0.376 e. The molecule has 2 saturated heterocycles. The van der Waals surface area contributed by atoms with Gasteiger partial charge in [0.2, 0.25) is 0 Å². The molecule has 0 amide bonds. The fraction of sp³-hybridized carbons (Fsp3) is 1.00. The first-order chi connectivity index (χ1) is 9.24. The van der Waals surface area contributed by atoms with Crippen molar-refractivity contribution in [2.24, 2.45) is 11.8 Å². The minimum Gasteiger partial charge on any atom is -0.376 e. The van der Waals surface area contributed by atoms with Crippen LogP contribution in [0.15, 0.2) is 0 Å². The third-order valence-electron chi connectivity index (χ3n) is 4.92. The highest BCUT2D eigenvalue weighted by Gasteiger charge is 2.43. The molecule has 3 heteroatoms. The molecule has 3 atom stereocenters. The van der Waals surface area contributed by atoms with Crippen molar-refractivity contribution in [1.82, 2.24) is 10.2 Å². The van der Waals surface area contributed by atoms with Crippen molar-refractivity contribution in [3.8, 4) is 0 Å². The van der Waals surface area contributed by atoms with Crippen LogP contribution in [-0.2, 0) is 4.74 Å². The molecule has 2 heterocycles. The summed E-state index contributed by atoms with van der Waals surface area (Å²) in [5.74, 6) is 1.67. The molecule has 19 heavy (non-hydrogen) atoms. The number of rotatable bonds is 4. The lowest BCUT2D eigenvalue weighted by atomic mass is 10.0. The summed E-state index contributed by atoms with van der Waals surface area (Å²) >= 11 is 0. The molecule has 3 rings (SSSR count). The van der Waals surface area contributed by atoms with Crippen LogP contribution in [-0.4, -0.2) is 49.3 Å². The molecule has 3 nitrogen and oxygen atoms in total. The van der Waals surface area contributed by atoms with Gasteiger partial charge in [-0.3, -0.25) is 4.90 Å². The molecule has 0 aromatic heterocycles. The maximum Gasteiger partial charge on any atom is 0.0759 e. The zero-order valence-corrected chi connectivity index (χ0v) is 12.6. The van der Waals surface area contributed by atoms with Gasteiger partial charge in [0.25, 0.3) is 0 Å². The summed E-state index contributed by atoms with van der Waals surface area (Å²) < 4.78 is 6.04. The molecule has 3 unspecified atom stereocenters. The average molecular weight is 266 g/mol. The number of nitrogens with zero attached hydrogens (tertiary/aromatic N) is 1. The highest BCUT2D eigenvalue weighted by molar-refractivity contribution is 4.96. The third-order valence-corrected chi connectivity index (χ3v) is 4.92. The summed E-state index contributed by atoms with van der Waals surface area (Å²) in [4.78, 5) is 2.75. The van der Waals surface area contributed by atoms with Gasteiger partial charge < -0.3 is 10.1 Å². The molecule has 0 bridgehead atoms. The number of ether oxygens (including phenoxy) is 1. The first-order valence-corrected chi connectivity index (χ1v) is 8.33. The van der Waals surface area contributed by atoms with Gasteiger partial charge in [0.05, 0.1) is 6.10 Å². The summed E-state index contributed by atoms with van der Waals surface area (Å²) in [5.41, 5.74) is 0. The summed E-state index contributed by atoms with van der Waals surface area (Å²) in [7, 11) is 0. The second-order valence-corrected chi connectivity index (χ2v) is 7.16. The monoisotopic (exact) mass is 266 g/mol. The van der Waals surface area contributed by atoms with Crippen molar-refractivity contribution in [3.05, 3.63) is 0 Å². The Balaban J connectivity index is 1.61. The normalized spacial score (nSPS) is 37.7. The predicted molar refractivity (Wildman–Crippen MR) is 78.3 cm³/mol. The van der Waals surface area contributed by atoms with Crippen molar-refractivity contribution >= 4 is 0 Å². The highest BCUT2D eigenvalue weighted by Crippen LogP contribution is 2.40. The Bertz CT molecular complexity index is 290. The minimum absolute atomic E-state index is 0.554. The van der Waals surface area contributed by atoms with E-state index in [0.29, 0.717) is 18.2 Å². The Hall–Kier alpha value is -0.120. The van der Waals surface area contributed by atoms with Crippen LogP contribution in [0, 0.1) is 11.8 Å². The van der Waals surface area contributed by atoms with Crippen molar-refractivity contribution in [2.75, 3.05) is 26.2 Å². The van der Waals surface area contributed by atoms with Gasteiger partial charge in [-0.25, -0.2) is 0 Å². The van der Waals surface area contributed by atoms with Gasteiger partial charge in [0.1, 0.15) is 0 Å². The Labute approximate surface area is 118 Å². The van der Waals surface area contributed by atoms with E-state index >= 15 is 0 Å². The van der Waals surface area contributed by atoms with E-state index in [2.05, 4.69) is 24.1 Å². The summed E-state index contributed by atoms with van der Waals surface area (Å²) in [6.45, 7) is 9.35. The molecule has 0 spiro atoms. The van der Waals surface area contributed by atoms with E-state index in [9.17, 15) is 0 Å². The SMILES string of the molecule is CC(C)CC1CN(C2CCOC2C2CC2)CCCN1. The first-order valence-electron chi connectivity index (χ1n) is 8.33. The highest BCUT2D eigenvalue weighted by atomic mass is 16.5. The van der Waals surface area contributed by atoms with Crippen LogP contribution >= 0.6 is 0 Å². The topological polar surface area (TPSA) is 24.5 Å². The Morgan fingerprint density at radius 3 is 2.84 bits per heavy atom. The zero-order valence-electron chi connectivity index (χ0n) is 12.6. The second-order valence-electron chi connectivity index (χ2n) is 7.16. The fourth-order valence-corrected chi connectivity index (χ4v) is 3.92. The summed E-state index contributed by atoms with van der Waals surface area (Å²) in [6, 6.07) is 1.39. The molecule has 1 aliphatic carbocycles. The Morgan fingerprint density at radius 1 is 1.26 bits per heavy atom. The molecule has 0 aromatic rings. The molecule has 2 aliphatic heterocycles. The molecule has 0 radical (unpaired) electrons. The third kappa shape index (κ3) is 3.50. The molecule has 110 valence electrons. The van der Waals surface area contributed by atoms with Crippen LogP contribution < -0.4 is 5.32 Å². The van der Waals surface area contributed by atoms with Crippen LogP contribution in [0.25, 0.3) is 0 Å². The van der Waals surface area contributed by atoms with Gasteiger partial charge in [-0.05, 0) is 57.0 Å². The summed E-state index contributed by atoms with van der Waals surface area (Å²) in [5, 5.41) is 3.74. The first kappa shape index (κ1) is 13.8. The molecule has 1 saturated carbocycles. The van der Waals surface area contributed by atoms with Crippen molar-refractivity contribution < 1.29 is 4.74 Å². The molecular formula is C16H30N2O. The number of hydrogen-bond acceptors (Lipinski definition) is 3. The second kappa shape index (κ2) is 6.11. The Morgan fingerprint density at radius 2 is 2.11 bits per heavy atom. The lowest BCUT2D eigenvalue weighted by Crippen LogP contribution is -2.47. The number of hydrogen-bond donors (Lipinski definition) is 1. The number of nitrogens with one attached hydrogen (secondary N) is 1. The van der Waals surface area contributed by atoms with Crippen molar-refractivity contribution in [2.45, 2.75) is 64.1 Å².